The smallest absolute Gasteiger partial charge is 0.234 e. The number of ether oxygens (including phenoxy) is 1. The van der Waals surface area contributed by atoms with Gasteiger partial charge in [0.25, 0.3) is 0 Å². The molecule has 0 aromatic carbocycles. The molecule has 0 aromatic heterocycles. The average molecular weight is 199 g/mol. The summed E-state index contributed by atoms with van der Waals surface area (Å²) in [5, 5.41) is 0. The van der Waals surface area contributed by atoms with Crippen LogP contribution >= 0.6 is 0 Å². The molecular weight excluding hydrogens is 178 g/mol. The summed E-state index contributed by atoms with van der Waals surface area (Å²) < 4.78 is 5.24. The SMILES string of the molecule is CCOCCCCCCCCN=C=O. The second kappa shape index (κ2) is 12.3. The molecule has 0 amide bonds. The average Bonchev–Trinajstić information content (AvgIpc) is 2.21. The molecule has 0 atom stereocenters. The minimum Gasteiger partial charge on any atom is -0.382 e. The van der Waals surface area contributed by atoms with Crippen molar-refractivity contribution in [3.63, 3.8) is 0 Å². The van der Waals surface area contributed by atoms with E-state index in [1.165, 1.54) is 32.1 Å². The van der Waals surface area contributed by atoms with Gasteiger partial charge in [-0.2, -0.15) is 0 Å². The van der Waals surface area contributed by atoms with Crippen LogP contribution in [0.2, 0.25) is 0 Å². The normalized spacial score (nSPS) is 9.79. The lowest BCUT2D eigenvalue weighted by Gasteiger charge is -2.01. The zero-order valence-corrected chi connectivity index (χ0v) is 9.13. The van der Waals surface area contributed by atoms with E-state index in [1.807, 2.05) is 6.92 Å². The zero-order chi connectivity index (χ0) is 10.5. The van der Waals surface area contributed by atoms with Crippen molar-refractivity contribution >= 4 is 6.08 Å². The number of nitrogens with zero attached hydrogens (tertiary/aromatic N) is 1. The highest BCUT2D eigenvalue weighted by atomic mass is 16.5. The van der Waals surface area contributed by atoms with Crippen LogP contribution in [0.15, 0.2) is 4.99 Å². The topological polar surface area (TPSA) is 38.7 Å². The maximum Gasteiger partial charge on any atom is 0.234 e. The Hall–Kier alpha value is -0.660. The minimum atomic E-state index is 0.641. The largest absolute Gasteiger partial charge is 0.382 e. The van der Waals surface area contributed by atoms with Crippen molar-refractivity contribution in [1.29, 1.82) is 0 Å². The van der Waals surface area contributed by atoms with E-state index in [2.05, 4.69) is 4.99 Å². The van der Waals surface area contributed by atoms with E-state index in [-0.39, 0.29) is 0 Å². The second-order valence-corrected chi connectivity index (χ2v) is 3.29. The first-order chi connectivity index (χ1) is 6.91. The van der Waals surface area contributed by atoms with Gasteiger partial charge in [0.2, 0.25) is 6.08 Å². The summed E-state index contributed by atoms with van der Waals surface area (Å²) in [6.45, 7) is 4.38. The van der Waals surface area contributed by atoms with Gasteiger partial charge in [0.1, 0.15) is 0 Å². The maximum atomic E-state index is 9.73. The van der Waals surface area contributed by atoms with Gasteiger partial charge < -0.3 is 4.74 Å². The molecule has 0 bridgehead atoms. The Bertz CT molecular complexity index is 153. The Labute approximate surface area is 86.6 Å². The van der Waals surface area contributed by atoms with Gasteiger partial charge >= 0.3 is 0 Å². The van der Waals surface area contributed by atoms with Gasteiger partial charge in [0.05, 0.1) is 6.54 Å². The van der Waals surface area contributed by atoms with Gasteiger partial charge in [0, 0.05) is 13.2 Å². The third kappa shape index (κ3) is 11.3. The fraction of sp³-hybridized carbons (Fsp3) is 0.909. The predicted molar refractivity (Wildman–Crippen MR) is 57.2 cm³/mol. The minimum absolute atomic E-state index is 0.641. The number of hydrogen-bond acceptors (Lipinski definition) is 3. The molecule has 0 heterocycles. The molecule has 0 aliphatic rings. The highest BCUT2D eigenvalue weighted by Crippen LogP contribution is 2.05. The molecule has 0 saturated heterocycles. The third-order valence-corrected chi connectivity index (χ3v) is 2.08. The van der Waals surface area contributed by atoms with Crippen LogP contribution in [0.1, 0.15) is 45.4 Å². The molecule has 0 saturated carbocycles. The second-order valence-electron chi connectivity index (χ2n) is 3.29. The van der Waals surface area contributed by atoms with Crippen LogP contribution < -0.4 is 0 Å². The van der Waals surface area contributed by atoms with E-state index < -0.39 is 0 Å². The van der Waals surface area contributed by atoms with E-state index in [4.69, 9.17) is 4.74 Å². The van der Waals surface area contributed by atoms with E-state index >= 15 is 0 Å². The van der Waals surface area contributed by atoms with E-state index in [0.29, 0.717) is 6.54 Å². The zero-order valence-electron chi connectivity index (χ0n) is 9.13. The Morgan fingerprint density at radius 3 is 2.36 bits per heavy atom. The molecule has 0 spiro atoms. The molecule has 0 N–H and O–H groups in total. The van der Waals surface area contributed by atoms with Crippen molar-refractivity contribution in [1.82, 2.24) is 0 Å². The molecule has 0 fully saturated rings. The summed E-state index contributed by atoms with van der Waals surface area (Å²) in [7, 11) is 0. The Morgan fingerprint density at radius 2 is 1.71 bits per heavy atom. The summed E-state index contributed by atoms with van der Waals surface area (Å²) in [4.78, 5) is 13.2. The van der Waals surface area contributed by atoms with Crippen molar-refractivity contribution in [2.24, 2.45) is 4.99 Å². The first-order valence-electron chi connectivity index (χ1n) is 5.53. The summed E-state index contributed by atoms with van der Waals surface area (Å²) in [5.74, 6) is 0. The van der Waals surface area contributed by atoms with Gasteiger partial charge in [-0.3, -0.25) is 0 Å². The number of unbranched alkanes of at least 4 members (excludes halogenated alkanes) is 5. The fourth-order valence-corrected chi connectivity index (χ4v) is 1.29. The standard InChI is InChI=1S/C11H21NO2/c1-2-14-10-8-6-4-3-5-7-9-12-11-13/h2-10H2,1H3. The van der Waals surface area contributed by atoms with Gasteiger partial charge in [-0.05, 0) is 19.8 Å². The highest BCUT2D eigenvalue weighted by Gasteiger charge is 1.90. The molecule has 82 valence electrons. The van der Waals surface area contributed by atoms with Crippen LogP contribution in [0.5, 0.6) is 0 Å². The summed E-state index contributed by atoms with van der Waals surface area (Å²) in [5.41, 5.74) is 0. The highest BCUT2D eigenvalue weighted by molar-refractivity contribution is 5.32. The lowest BCUT2D eigenvalue weighted by molar-refractivity contribution is 0.143. The van der Waals surface area contributed by atoms with E-state index in [0.717, 1.165) is 19.6 Å². The first-order valence-corrected chi connectivity index (χ1v) is 5.53. The number of carbonyl (C=O) groups excluding carboxylic acids is 1. The van der Waals surface area contributed by atoms with Crippen LogP contribution in [0.4, 0.5) is 0 Å². The number of hydrogen-bond donors (Lipinski definition) is 0. The number of aliphatic imine (C=N–C) groups is 1. The van der Waals surface area contributed by atoms with Crippen molar-refractivity contribution in [2.45, 2.75) is 45.4 Å². The van der Waals surface area contributed by atoms with Crippen molar-refractivity contribution in [2.75, 3.05) is 19.8 Å². The Balaban J connectivity index is 2.88. The number of isocyanates is 1. The van der Waals surface area contributed by atoms with Crippen LogP contribution in [0, 0.1) is 0 Å². The molecule has 0 aromatic rings. The molecule has 0 rings (SSSR count). The van der Waals surface area contributed by atoms with Gasteiger partial charge in [-0.1, -0.05) is 25.7 Å². The van der Waals surface area contributed by atoms with Crippen LogP contribution in [0.25, 0.3) is 0 Å². The predicted octanol–water partition coefficient (Wildman–Crippen LogP) is 2.70. The van der Waals surface area contributed by atoms with Crippen molar-refractivity contribution in [3.05, 3.63) is 0 Å². The fourth-order valence-electron chi connectivity index (χ4n) is 1.29. The van der Waals surface area contributed by atoms with Crippen molar-refractivity contribution in [3.8, 4) is 0 Å². The lowest BCUT2D eigenvalue weighted by atomic mass is 10.1. The van der Waals surface area contributed by atoms with Crippen LogP contribution in [-0.4, -0.2) is 25.8 Å². The summed E-state index contributed by atoms with van der Waals surface area (Å²) in [6.07, 6.45) is 8.64. The molecule has 3 nitrogen and oxygen atoms in total. The molecule has 14 heavy (non-hydrogen) atoms. The molecular formula is C11H21NO2. The summed E-state index contributed by atoms with van der Waals surface area (Å²) in [6, 6.07) is 0. The quantitative estimate of drug-likeness (QED) is 0.308. The van der Waals surface area contributed by atoms with Gasteiger partial charge in [-0.25, -0.2) is 9.79 Å². The number of rotatable bonds is 10. The van der Waals surface area contributed by atoms with Crippen LogP contribution in [-0.2, 0) is 9.53 Å². The Kier molecular flexibility index (Phi) is 11.8. The molecule has 0 aliphatic heterocycles. The maximum absolute atomic E-state index is 9.73. The van der Waals surface area contributed by atoms with Crippen LogP contribution in [0.3, 0.4) is 0 Å². The van der Waals surface area contributed by atoms with Crippen molar-refractivity contribution < 1.29 is 9.53 Å². The first kappa shape index (κ1) is 13.3. The molecule has 0 radical (unpaired) electrons. The van der Waals surface area contributed by atoms with E-state index in [9.17, 15) is 4.79 Å². The Morgan fingerprint density at radius 1 is 1.07 bits per heavy atom. The van der Waals surface area contributed by atoms with Gasteiger partial charge in [0.15, 0.2) is 0 Å². The molecule has 3 heteroatoms. The lowest BCUT2D eigenvalue weighted by Crippen LogP contribution is -1.93. The van der Waals surface area contributed by atoms with E-state index in [1.54, 1.807) is 6.08 Å². The summed E-state index contributed by atoms with van der Waals surface area (Å²) >= 11 is 0. The monoisotopic (exact) mass is 199 g/mol. The molecule has 0 aliphatic carbocycles. The van der Waals surface area contributed by atoms with Gasteiger partial charge in [-0.15, -0.1) is 0 Å². The molecule has 0 unspecified atom stereocenters. The third-order valence-electron chi connectivity index (χ3n) is 2.08.